The van der Waals surface area contributed by atoms with Gasteiger partial charge >= 0.3 is 0 Å². The molecule has 0 unspecified atom stereocenters. The standard InChI is InChI=1S/C16H16F2N2O/c1-9-6-12(14(18)7-13(9)17)16(21)20-8-11-4-3-5-15(19)10(11)2/h3-7H,8,19H2,1-2H3,(H,20,21). The van der Waals surface area contributed by atoms with Crippen LogP contribution in [-0.2, 0) is 6.54 Å². The van der Waals surface area contributed by atoms with Crippen molar-refractivity contribution < 1.29 is 13.6 Å². The maximum Gasteiger partial charge on any atom is 0.254 e. The zero-order chi connectivity index (χ0) is 15.6. The summed E-state index contributed by atoms with van der Waals surface area (Å²) in [4.78, 5) is 12.0. The molecule has 2 aromatic rings. The van der Waals surface area contributed by atoms with Gasteiger partial charge in [0.1, 0.15) is 11.6 Å². The molecule has 0 aliphatic heterocycles. The van der Waals surface area contributed by atoms with Crippen LogP contribution in [-0.4, -0.2) is 5.91 Å². The van der Waals surface area contributed by atoms with E-state index in [1.807, 2.05) is 13.0 Å². The number of rotatable bonds is 3. The molecule has 0 saturated heterocycles. The van der Waals surface area contributed by atoms with Crippen LogP contribution >= 0.6 is 0 Å². The fourth-order valence-corrected chi connectivity index (χ4v) is 2.00. The highest BCUT2D eigenvalue weighted by atomic mass is 19.1. The van der Waals surface area contributed by atoms with Crippen LogP contribution < -0.4 is 11.1 Å². The van der Waals surface area contributed by atoms with Gasteiger partial charge in [0.15, 0.2) is 0 Å². The quantitative estimate of drug-likeness (QED) is 0.853. The zero-order valence-corrected chi connectivity index (χ0v) is 11.8. The summed E-state index contributed by atoms with van der Waals surface area (Å²) in [5, 5.41) is 2.61. The van der Waals surface area contributed by atoms with Crippen molar-refractivity contribution in [1.82, 2.24) is 5.32 Å². The predicted molar refractivity (Wildman–Crippen MR) is 77.9 cm³/mol. The lowest BCUT2D eigenvalue weighted by atomic mass is 10.1. The number of aryl methyl sites for hydroxylation is 1. The van der Waals surface area contributed by atoms with E-state index in [-0.39, 0.29) is 17.7 Å². The first-order valence-electron chi connectivity index (χ1n) is 6.48. The van der Waals surface area contributed by atoms with Crippen molar-refractivity contribution in [3.63, 3.8) is 0 Å². The summed E-state index contributed by atoms with van der Waals surface area (Å²) in [5.74, 6) is -2.13. The second kappa shape index (κ2) is 5.91. The molecule has 0 aromatic heterocycles. The van der Waals surface area contributed by atoms with Gasteiger partial charge in [-0.25, -0.2) is 8.78 Å². The Bertz CT molecular complexity index is 699. The third-order valence-electron chi connectivity index (χ3n) is 3.42. The summed E-state index contributed by atoms with van der Waals surface area (Å²) < 4.78 is 26.8. The van der Waals surface area contributed by atoms with E-state index in [9.17, 15) is 13.6 Å². The van der Waals surface area contributed by atoms with E-state index in [2.05, 4.69) is 5.32 Å². The fourth-order valence-electron chi connectivity index (χ4n) is 2.00. The lowest BCUT2D eigenvalue weighted by Crippen LogP contribution is -2.24. The van der Waals surface area contributed by atoms with Crippen molar-refractivity contribution in [1.29, 1.82) is 0 Å². The second-order valence-electron chi connectivity index (χ2n) is 4.90. The minimum atomic E-state index is -0.875. The number of nitrogens with one attached hydrogen (secondary N) is 1. The largest absolute Gasteiger partial charge is 0.399 e. The summed E-state index contributed by atoms with van der Waals surface area (Å²) >= 11 is 0. The van der Waals surface area contributed by atoms with Gasteiger partial charge in [-0.2, -0.15) is 0 Å². The molecule has 3 nitrogen and oxygen atoms in total. The van der Waals surface area contributed by atoms with Crippen LogP contribution in [0.3, 0.4) is 0 Å². The topological polar surface area (TPSA) is 55.1 Å². The molecular formula is C16H16F2N2O. The maximum absolute atomic E-state index is 13.6. The highest BCUT2D eigenvalue weighted by molar-refractivity contribution is 5.94. The fraction of sp³-hybridized carbons (Fsp3) is 0.188. The van der Waals surface area contributed by atoms with E-state index in [4.69, 9.17) is 5.73 Å². The number of carbonyl (C=O) groups excluding carboxylic acids is 1. The lowest BCUT2D eigenvalue weighted by Gasteiger charge is -2.11. The molecule has 0 aliphatic rings. The average molecular weight is 290 g/mol. The number of carbonyl (C=O) groups is 1. The predicted octanol–water partition coefficient (Wildman–Crippen LogP) is 3.09. The number of nitrogen functional groups attached to an aromatic ring is 1. The Kier molecular flexibility index (Phi) is 4.21. The Morgan fingerprint density at radius 3 is 2.62 bits per heavy atom. The van der Waals surface area contributed by atoms with Crippen LogP contribution in [0.25, 0.3) is 0 Å². The van der Waals surface area contributed by atoms with Gasteiger partial charge in [-0.05, 0) is 42.7 Å². The number of halogens is 2. The van der Waals surface area contributed by atoms with Gasteiger partial charge in [0.25, 0.3) is 5.91 Å². The number of hydrogen-bond acceptors (Lipinski definition) is 2. The van der Waals surface area contributed by atoms with Gasteiger partial charge in [0, 0.05) is 18.3 Å². The van der Waals surface area contributed by atoms with Gasteiger partial charge in [-0.15, -0.1) is 0 Å². The Morgan fingerprint density at radius 2 is 1.90 bits per heavy atom. The monoisotopic (exact) mass is 290 g/mol. The van der Waals surface area contributed by atoms with E-state index in [0.717, 1.165) is 17.2 Å². The molecule has 0 spiro atoms. The molecule has 0 atom stereocenters. The minimum absolute atomic E-state index is 0.171. The molecule has 0 saturated carbocycles. The lowest BCUT2D eigenvalue weighted by molar-refractivity contribution is 0.0946. The van der Waals surface area contributed by atoms with Crippen LogP contribution in [0.5, 0.6) is 0 Å². The smallest absolute Gasteiger partial charge is 0.254 e. The molecule has 0 radical (unpaired) electrons. The van der Waals surface area contributed by atoms with E-state index >= 15 is 0 Å². The Morgan fingerprint density at radius 1 is 1.19 bits per heavy atom. The molecule has 3 N–H and O–H groups in total. The maximum atomic E-state index is 13.6. The Hall–Kier alpha value is -2.43. The summed E-state index contributed by atoms with van der Waals surface area (Å²) in [6.45, 7) is 3.55. The number of benzene rings is 2. The van der Waals surface area contributed by atoms with Gasteiger partial charge in [-0.3, -0.25) is 4.79 Å². The van der Waals surface area contributed by atoms with Crippen LogP contribution in [0.1, 0.15) is 27.0 Å². The normalized spacial score (nSPS) is 10.5. The molecule has 0 aliphatic carbocycles. The molecule has 110 valence electrons. The zero-order valence-electron chi connectivity index (χ0n) is 11.8. The van der Waals surface area contributed by atoms with Crippen molar-refractivity contribution >= 4 is 11.6 Å². The van der Waals surface area contributed by atoms with Crippen molar-refractivity contribution in [3.8, 4) is 0 Å². The first-order chi connectivity index (χ1) is 9.90. The van der Waals surface area contributed by atoms with Crippen LogP contribution in [0.2, 0.25) is 0 Å². The van der Waals surface area contributed by atoms with E-state index in [0.29, 0.717) is 5.69 Å². The van der Waals surface area contributed by atoms with E-state index in [1.165, 1.54) is 13.0 Å². The summed E-state index contributed by atoms with van der Waals surface area (Å²) in [6, 6.07) is 7.30. The number of nitrogens with two attached hydrogens (primary N) is 1. The van der Waals surface area contributed by atoms with Crippen LogP contribution in [0, 0.1) is 25.5 Å². The molecule has 0 heterocycles. The van der Waals surface area contributed by atoms with Gasteiger partial charge in [-0.1, -0.05) is 12.1 Å². The molecular weight excluding hydrogens is 274 g/mol. The summed E-state index contributed by atoms with van der Waals surface area (Å²) in [5.41, 5.74) is 8.19. The molecule has 2 aromatic carbocycles. The van der Waals surface area contributed by atoms with Crippen molar-refractivity contribution in [2.45, 2.75) is 20.4 Å². The van der Waals surface area contributed by atoms with Crippen LogP contribution in [0.15, 0.2) is 30.3 Å². The van der Waals surface area contributed by atoms with E-state index < -0.39 is 17.5 Å². The Balaban J connectivity index is 2.16. The first-order valence-corrected chi connectivity index (χ1v) is 6.48. The van der Waals surface area contributed by atoms with Crippen molar-refractivity contribution in [2.24, 2.45) is 0 Å². The molecule has 0 bridgehead atoms. The average Bonchev–Trinajstić information content (AvgIpc) is 2.44. The second-order valence-corrected chi connectivity index (χ2v) is 4.90. The summed E-state index contributed by atoms with van der Waals surface area (Å²) in [7, 11) is 0. The molecule has 1 amide bonds. The van der Waals surface area contributed by atoms with Gasteiger partial charge < -0.3 is 11.1 Å². The molecule has 0 fully saturated rings. The third kappa shape index (κ3) is 3.18. The van der Waals surface area contributed by atoms with Crippen molar-refractivity contribution in [3.05, 3.63) is 64.2 Å². The van der Waals surface area contributed by atoms with Gasteiger partial charge in [0.2, 0.25) is 0 Å². The van der Waals surface area contributed by atoms with Gasteiger partial charge in [0.05, 0.1) is 5.56 Å². The number of anilines is 1. The third-order valence-corrected chi connectivity index (χ3v) is 3.42. The van der Waals surface area contributed by atoms with E-state index in [1.54, 1.807) is 12.1 Å². The first kappa shape index (κ1) is 15.0. The molecule has 21 heavy (non-hydrogen) atoms. The molecule has 2 rings (SSSR count). The highest BCUT2D eigenvalue weighted by Crippen LogP contribution is 2.17. The number of hydrogen-bond donors (Lipinski definition) is 2. The number of amides is 1. The summed E-state index contributed by atoms with van der Waals surface area (Å²) in [6.07, 6.45) is 0. The molecule has 5 heteroatoms. The van der Waals surface area contributed by atoms with Crippen LogP contribution in [0.4, 0.5) is 14.5 Å². The SMILES string of the molecule is Cc1cc(C(=O)NCc2cccc(N)c2C)c(F)cc1F. The van der Waals surface area contributed by atoms with Crippen molar-refractivity contribution in [2.75, 3.05) is 5.73 Å². The minimum Gasteiger partial charge on any atom is -0.399 e. The highest BCUT2D eigenvalue weighted by Gasteiger charge is 2.14. The Labute approximate surface area is 121 Å².